The van der Waals surface area contributed by atoms with Gasteiger partial charge in [-0.25, -0.2) is 0 Å². The molecule has 0 aromatic heterocycles. The van der Waals surface area contributed by atoms with E-state index in [1.54, 1.807) is 7.11 Å². The molecule has 21 heavy (non-hydrogen) atoms. The lowest BCUT2D eigenvalue weighted by Gasteiger charge is -2.35. The smallest absolute Gasteiger partial charge is 0.307 e. The number of aliphatic carboxylic acids is 1. The minimum absolute atomic E-state index is 0.0248. The number of hydrogen-bond donors (Lipinski definition) is 1. The molecule has 0 aliphatic heterocycles. The molecule has 1 fully saturated rings. The SMILES string of the molecule is COCCN(C(=O)[C@@H]1CC=CC[C@@H]1C(=O)O)C(C)C1CC1. The van der Waals surface area contributed by atoms with Gasteiger partial charge in [-0.3, -0.25) is 9.59 Å². The highest BCUT2D eigenvalue weighted by molar-refractivity contribution is 5.85. The van der Waals surface area contributed by atoms with Crippen molar-refractivity contribution in [1.82, 2.24) is 4.90 Å². The standard InChI is InChI=1S/C16H25NO4/c1-11(12-7-8-12)17(9-10-21-2)15(18)13-5-3-4-6-14(13)16(19)20/h3-4,11-14H,5-10H2,1-2H3,(H,19,20)/t11?,13-,14+/m1/s1. The Balaban J connectivity index is 2.11. The molecule has 1 unspecified atom stereocenters. The highest BCUT2D eigenvalue weighted by Crippen LogP contribution is 2.37. The van der Waals surface area contributed by atoms with Crippen LogP contribution >= 0.6 is 0 Å². The summed E-state index contributed by atoms with van der Waals surface area (Å²) in [6.45, 7) is 3.10. The highest BCUT2D eigenvalue weighted by Gasteiger charge is 2.40. The Bertz CT molecular complexity index is 417. The average Bonchev–Trinajstić information content (AvgIpc) is 3.31. The van der Waals surface area contributed by atoms with E-state index in [0.29, 0.717) is 31.9 Å². The zero-order valence-corrected chi connectivity index (χ0v) is 12.8. The van der Waals surface area contributed by atoms with Gasteiger partial charge < -0.3 is 14.7 Å². The Labute approximate surface area is 126 Å². The number of hydrogen-bond acceptors (Lipinski definition) is 3. The molecular formula is C16H25NO4. The van der Waals surface area contributed by atoms with E-state index in [-0.39, 0.29) is 11.9 Å². The van der Waals surface area contributed by atoms with Crippen molar-refractivity contribution in [2.24, 2.45) is 17.8 Å². The fraction of sp³-hybridized carbons (Fsp3) is 0.750. The maximum Gasteiger partial charge on any atom is 0.307 e. The largest absolute Gasteiger partial charge is 0.481 e. The number of allylic oxidation sites excluding steroid dienone is 2. The van der Waals surface area contributed by atoms with E-state index in [0.717, 1.165) is 12.8 Å². The molecule has 5 heteroatoms. The summed E-state index contributed by atoms with van der Waals surface area (Å²) in [6, 6.07) is 0.174. The number of ether oxygens (including phenoxy) is 1. The molecule has 0 bridgehead atoms. The van der Waals surface area contributed by atoms with E-state index in [4.69, 9.17) is 4.74 Å². The van der Waals surface area contributed by atoms with Crippen molar-refractivity contribution < 1.29 is 19.4 Å². The summed E-state index contributed by atoms with van der Waals surface area (Å²) in [5, 5.41) is 9.35. The van der Waals surface area contributed by atoms with Crippen LogP contribution in [0.4, 0.5) is 0 Å². The first-order chi connectivity index (χ1) is 10.1. The molecule has 3 atom stereocenters. The predicted molar refractivity (Wildman–Crippen MR) is 78.8 cm³/mol. The van der Waals surface area contributed by atoms with Gasteiger partial charge >= 0.3 is 5.97 Å². The summed E-state index contributed by atoms with van der Waals surface area (Å²) in [5.41, 5.74) is 0. The van der Waals surface area contributed by atoms with Gasteiger partial charge in [0.05, 0.1) is 18.4 Å². The Morgan fingerprint density at radius 3 is 2.43 bits per heavy atom. The minimum Gasteiger partial charge on any atom is -0.481 e. The van der Waals surface area contributed by atoms with Crippen LogP contribution in [0.3, 0.4) is 0 Å². The van der Waals surface area contributed by atoms with Gasteiger partial charge in [0, 0.05) is 19.7 Å². The lowest BCUT2D eigenvalue weighted by atomic mass is 9.81. The molecule has 0 aromatic carbocycles. The molecule has 5 nitrogen and oxygen atoms in total. The third-order valence-electron chi connectivity index (χ3n) is 4.68. The second-order valence-electron chi connectivity index (χ2n) is 6.10. The molecule has 2 rings (SSSR count). The predicted octanol–water partition coefficient (Wildman–Crippen LogP) is 1.93. The molecule has 0 radical (unpaired) electrons. The molecule has 2 aliphatic rings. The van der Waals surface area contributed by atoms with Crippen molar-refractivity contribution >= 4 is 11.9 Å². The Hall–Kier alpha value is -1.36. The quantitative estimate of drug-likeness (QED) is 0.729. The average molecular weight is 295 g/mol. The van der Waals surface area contributed by atoms with Gasteiger partial charge in [-0.05, 0) is 38.5 Å². The summed E-state index contributed by atoms with van der Waals surface area (Å²) in [5.74, 6) is -1.37. The van der Waals surface area contributed by atoms with Crippen molar-refractivity contribution in [3.63, 3.8) is 0 Å². The van der Waals surface area contributed by atoms with Crippen molar-refractivity contribution in [1.29, 1.82) is 0 Å². The van der Waals surface area contributed by atoms with E-state index in [1.807, 2.05) is 17.1 Å². The Morgan fingerprint density at radius 1 is 1.29 bits per heavy atom. The van der Waals surface area contributed by atoms with Crippen LogP contribution in [-0.2, 0) is 14.3 Å². The van der Waals surface area contributed by atoms with Crippen LogP contribution in [0.2, 0.25) is 0 Å². The molecule has 1 N–H and O–H groups in total. The molecule has 1 amide bonds. The van der Waals surface area contributed by atoms with E-state index >= 15 is 0 Å². The number of carboxylic acid groups (broad SMARTS) is 1. The fourth-order valence-electron chi connectivity index (χ4n) is 3.11. The molecule has 0 saturated heterocycles. The van der Waals surface area contributed by atoms with Crippen LogP contribution in [0.1, 0.15) is 32.6 Å². The topological polar surface area (TPSA) is 66.8 Å². The number of nitrogens with zero attached hydrogens (tertiary/aromatic N) is 1. The molecule has 118 valence electrons. The van der Waals surface area contributed by atoms with Gasteiger partial charge in [-0.2, -0.15) is 0 Å². The van der Waals surface area contributed by atoms with Gasteiger partial charge in [-0.15, -0.1) is 0 Å². The highest BCUT2D eigenvalue weighted by atomic mass is 16.5. The number of methoxy groups -OCH3 is 1. The third kappa shape index (κ3) is 3.84. The molecule has 1 saturated carbocycles. The van der Waals surface area contributed by atoms with Crippen LogP contribution in [-0.4, -0.2) is 48.2 Å². The van der Waals surface area contributed by atoms with Gasteiger partial charge in [0.2, 0.25) is 5.91 Å². The molecule has 0 aromatic rings. The summed E-state index contributed by atoms with van der Waals surface area (Å²) >= 11 is 0. The molecular weight excluding hydrogens is 270 g/mol. The van der Waals surface area contributed by atoms with Gasteiger partial charge in [-0.1, -0.05) is 12.2 Å². The van der Waals surface area contributed by atoms with E-state index < -0.39 is 17.8 Å². The Kier molecular flexibility index (Phi) is 5.39. The molecule has 2 aliphatic carbocycles. The van der Waals surface area contributed by atoms with Crippen LogP contribution < -0.4 is 0 Å². The fourth-order valence-corrected chi connectivity index (χ4v) is 3.11. The zero-order valence-electron chi connectivity index (χ0n) is 12.8. The Morgan fingerprint density at radius 2 is 1.90 bits per heavy atom. The van der Waals surface area contributed by atoms with Crippen LogP contribution in [0, 0.1) is 17.8 Å². The maximum atomic E-state index is 12.9. The first-order valence-electron chi connectivity index (χ1n) is 7.73. The monoisotopic (exact) mass is 295 g/mol. The second kappa shape index (κ2) is 7.07. The van der Waals surface area contributed by atoms with Gasteiger partial charge in [0.25, 0.3) is 0 Å². The van der Waals surface area contributed by atoms with Crippen LogP contribution in [0.5, 0.6) is 0 Å². The number of carboxylic acids is 1. The van der Waals surface area contributed by atoms with Crippen molar-refractivity contribution in [3.8, 4) is 0 Å². The number of carbonyl (C=O) groups excluding carboxylic acids is 1. The second-order valence-corrected chi connectivity index (χ2v) is 6.10. The summed E-state index contributed by atoms with van der Waals surface area (Å²) in [4.78, 5) is 26.1. The number of amides is 1. The maximum absolute atomic E-state index is 12.9. The van der Waals surface area contributed by atoms with Crippen molar-refractivity contribution in [2.45, 2.75) is 38.6 Å². The van der Waals surface area contributed by atoms with E-state index in [2.05, 4.69) is 6.92 Å². The third-order valence-corrected chi connectivity index (χ3v) is 4.68. The summed E-state index contributed by atoms with van der Waals surface area (Å²) in [7, 11) is 1.62. The number of rotatable bonds is 7. The van der Waals surface area contributed by atoms with Crippen LogP contribution in [0.25, 0.3) is 0 Å². The summed E-state index contributed by atoms with van der Waals surface area (Å²) in [6.07, 6.45) is 7.08. The first kappa shape index (κ1) is 16.0. The van der Waals surface area contributed by atoms with Gasteiger partial charge in [0.1, 0.15) is 0 Å². The molecule has 0 heterocycles. The first-order valence-corrected chi connectivity index (χ1v) is 7.73. The zero-order chi connectivity index (χ0) is 15.4. The van der Waals surface area contributed by atoms with E-state index in [9.17, 15) is 14.7 Å². The van der Waals surface area contributed by atoms with Crippen molar-refractivity contribution in [3.05, 3.63) is 12.2 Å². The molecule has 0 spiro atoms. The number of carbonyl (C=O) groups is 2. The van der Waals surface area contributed by atoms with E-state index in [1.165, 1.54) is 0 Å². The van der Waals surface area contributed by atoms with Gasteiger partial charge in [0.15, 0.2) is 0 Å². The summed E-state index contributed by atoms with van der Waals surface area (Å²) < 4.78 is 5.11. The van der Waals surface area contributed by atoms with Crippen molar-refractivity contribution in [2.75, 3.05) is 20.3 Å². The normalized spacial score (nSPS) is 26.4. The lowest BCUT2D eigenvalue weighted by Crippen LogP contribution is -2.48. The lowest BCUT2D eigenvalue weighted by molar-refractivity contribution is -0.152. The minimum atomic E-state index is -0.872. The van der Waals surface area contributed by atoms with Crippen LogP contribution in [0.15, 0.2) is 12.2 Å².